The van der Waals surface area contributed by atoms with Crippen LogP contribution in [0.4, 0.5) is 34.1 Å². The van der Waals surface area contributed by atoms with Crippen molar-refractivity contribution < 1.29 is 0 Å². The molecular formula is C138H86N2. The summed E-state index contributed by atoms with van der Waals surface area (Å²) >= 11 is 0. The second-order valence-electron chi connectivity index (χ2n) is 37.5. The molecule has 0 aliphatic rings. The minimum atomic E-state index is 1.09. The van der Waals surface area contributed by atoms with Gasteiger partial charge in [-0.05, 0) is 353 Å². The molecule has 0 saturated heterocycles. The average Bonchev–Trinajstić information content (AvgIpc) is 0.709. The van der Waals surface area contributed by atoms with E-state index in [0.717, 1.165) is 34.1 Å². The maximum Gasteiger partial charge on any atom is 0.0468 e. The molecule has 2 nitrogen and oxygen atoms in total. The van der Waals surface area contributed by atoms with Crippen LogP contribution in [0, 0.1) is 0 Å². The van der Waals surface area contributed by atoms with E-state index in [0.29, 0.717) is 0 Å². The molecule has 0 radical (unpaired) electrons. The molecule has 140 heavy (non-hydrogen) atoms. The maximum atomic E-state index is 2.45. The van der Waals surface area contributed by atoms with Gasteiger partial charge in [0, 0.05) is 34.1 Å². The van der Waals surface area contributed by atoms with Crippen LogP contribution in [-0.2, 0) is 0 Å². The van der Waals surface area contributed by atoms with Crippen molar-refractivity contribution in [2.24, 2.45) is 0 Å². The molecule has 0 heterocycles. The minimum absolute atomic E-state index is 1.09. The van der Waals surface area contributed by atoms with Crippen LogP contribution in [-0.4, -0.2) is 0 Å². The van der Waals surface area contributed by atoms with Gasteiger partial charge in [-0.1, -0.05) is 419 Å². The van der Waals surface area contributed by atoms with Crippen LogP contribution in [0.25, 0.3) is 250 Å². The van der Waals surface area contributed by atoms with E-state index in [1.54, 1.807) is 0 Å². The molecule has 0 amide bonds. The number of rotatable bonds is 11. The average molecular weight is 1770 g/mol. The largest absolute Gasteiger partial charge is 0.311 e. The van der Waals surface area contributed by atoms with E-state index in [4.69, 9.17) is 0 Å². The molecule has 2 heteroatoms. The summed E-state index contributed by atoms with van der Waals surface area (Å²) in [6.45, 7) is 0. The Hall–Kier alpha value is -18.3. The van der Waals surface area contributed by atoms with Gasteiger partial charge < -0.3 is 9.80 Å². The number of benzene rings is 29. The Bertz CT molecular complexity index is 9510. The van der Waals surface area contributed by atoms with Crippen molar-refractivity contribution in [3.05, 3.63) is 522 Å². The highest BCUT2D eigenvalue weighted by Crippen LogP contribution is 2.50. The number of hydrogen-bond acceptors (Lipinski definition) is 2. The number of hydrogen-bond donors (Lipinski definition) is 0. The predicted molar refractivity (Wildman–Crippen MR) is 605 cm³/mol. The molecule has 29 aromatic rings. The van der Waals surface area contributed by atoms with Crippen molar-refractivity contribution in [3.8, 4) is 55.6 Å². The molecule has 0 aromatic heterocycles. The van der Waals surface area contributed by atoms with Gasteiger partial charge in [-0.2, -0.15) is 0 Å². The zero-order valence-electron chi connectivity index (χ0n) is 76.5. The maximum absolute atomic E-state index is 2.45. The highest BCUT2D eigenvalue weighted by Gasteiger charge is 2.24. The first-order chi connectivity index (χ1) is 69.4. The van der Waals surface area contributed by atoms with Crippen molar-refractivity contribution in [1.82, 2.24) is 0 Å². The van der Waals surface area contributed by atoms with E-state index >= 15 is 0 Å². The van der Waals surface area contributed by atoms with Crippen molar-refractivity contribution >= 4 is 228 Å². The van der Waals surface area contributed by atoms with Gasteiger partial charge in [-0.25, -0.2) is 0 Å². The summed E-state index contributed by atoms with van der Waals surface area (Å²) in [4.78, 5) is 4.83. The molecule has 0 fully saturated rings. The van der Waals surface area contributed by atoms with Crippen LogP contribution >= 0.6 is 0 Å². The molecule has 0 atom stereocenters. The van der Waals surface area contributed by atoms with Crippen molar-refractivity contribution in [2.75, 3.05) is 9.80 Å². The summed E-state index contributed by atoms with van der Waals surface area (Å²) < 4.78 is 0. The van der Waals surface area contributed by atoms with Crippen molar-refractivity contribution in [2.45, 2.75) is 0 Å². The highest BCUT2D eigenvalue weighted by molar-refractivity contribution is 6.32. The second kappa shape index (κ2) is 32.8. The van der Waals surface area contributed by atoms with E-state index in [-0.39, 0.29) is 0 Å². The van der Waals surface area contributed by atoms with Crippen LogP contribution in [0.15, 0.2) is 522 Å². The van der Waals surface area contributed by atoms with Crippen LogP contribution < -0.4 is 9.80 Å². The Morgan fingerprint density at radius 3 is 0.364 bits per heavy atom. The predicted octanol–water partition coefficient (Wildman–Crippen LogP) is 39.4. The molecule has 0 spiro atoms. The normalized spacial score (nSPS) is 11.9. The molecule has 648 valence electrons. The molecule has 0 aliphatic heterocycles. The Labute approximate surface area is 809 Å². The second-order valence-corrected chi connectivity index (χ2v) is 37.5. The van der Waals surface area contributed by atoms with Gasteiger partial charge in [0.1, 0.15) is 0 Å². The molecular weight excluding hydrogens is 1690 g/mol. The highest BCUT2D eigenvalue weighted by atomic mass is 15.1. The van der Waals surface area contributed by atoms with Crippen LogP contribution in [0.5, 0.6) is 0 Å². The fourth-order valence-corrected chi connectivity index (χ4v) is 23.4. The Kier molecular flexibility index (Phi) is 18.8. The summed E-state index contributed by atoms with van der Waals surface area (Å²) in [6.07, 6.45) is 0. The SMILES string of the molecule is c1ccc(-c2ccc3c4ccc(N(c5ccc(-c6ccc7c8ccccc8c8ccccc8c7c6)cc5)c5ccc6c7ccccc7c7ccccc7c6c5)cc4c4ccccc4c3c2)cc1.c1ccc2c(c1)c1ccccc1c1cc(-c3ccc(N(c4ccc(-c5ccc6c7ccccc7c7ccccc7c6c5)cc4)c4ccc(-c5ccc6c7ccccc7c7ccccc7c6c5)cc4)cc3)ccc21. The Morgan fingerprint density at radius 2 is 0.186 bits per heavy atom. The lowest BCUT2D eigenvalue weighted by molar-refractivity contribution is 1.28. The van der Waals surface area contributed by atoms with Crippen molar-refractivity contribution in [3.63, 3.8) is 0 Å². The van der Waals surface area contributed by atoms with E-state index in [2.05, 4.69) is 532 Å². The first kappa shape index (κ1) is 80.1. The molecule has 29 rings (SSSR count). The molecule has 0 unspecified atom stereocenters. The fourth-order valence-electron chi connectivity index (χ4n) is 23.4. The van der Waals surface area contributed by atoms with Gasteiger partial charge >= 0.3 is 0 Å². The molecule has 0 aliphatic carbocycles. The third kappa shape index (κ3) is 13.2. The molecule has 0 bridgehead atoms. The lowest BCUT2D eigenvalue weighted by atomic mass is 9.91. The third-order valence-electron chi connectivity index (χ3n) is 30.0. The van der Waals surface area contributed by atoms with Crippen LogP contribution in [0.2, 0.25) is 0 Å². The Balaban J connectivity index is 0.000000138. The number of anilines is 6. The van der Waals surface area contributed by atoms with Crippen LogP contribution in [0.1, 0.15) is 0 Å². The van der Waals surface area contributed by atoms with Gasteiger partial charge in [-0.15, -0.1) is 0 Å². The smallest absolute Gasteiger partial charge is 0.0468 e. The first-order valence-electron chi connectivity index (χ1n) is 48.6. The molecule has 0 saturated carbocycles. The first-order valence-corrected chi connectivity index (χ1v) is 48.6. The Morgan fingerprint density at radius 1 is 0.0714 bits per heavy atom. The standard InChI is InChI=1S/C72H45N.C66H41N/c1-4-19-61-55(13-1)58-16-7-10-22-64(58)70-43-49(31-40-67(61)70)46-25-34-52(35-26-46)73(53-36-27-47(28-37-53)50-32-41-68-62-20-5-2-14-56(62)59-17-8-11-23-65(59)71(68)44-50)54-38-29-48(30-39-54)51-33-42-69-63-21-6-3-15-57(63)60-18-9-12-24-66(60)72(69)45-51;1-2-14-42(15-3-1)44-28-35-60-62-37-33-48(41-66(62)58-25-13-12-24-57(58)64(60)38-44)67(47-32-36-61-54-21-7-5-17-50(54)52-19-9-11-23-56(52)65(61)40-47)46-30-26-43(27-31-46)45-29-34-59-53-20-6-4-16-49(53)51-18-8-10-22-55(51)63(59)39-45/h1-45H;1-41H. The summed E-state index contributed by atoms with van der Waals surface area (Å²) in [5.74, 6) is 0. The van der Waals surface area contributed by atoms with E-state index in [1.807, 2.05) is 0 Å². The molecule has 0 N–H and O–H groups in total. The van der Waals surface area contributed by atoms with E-state index in [9.17, 15) is 0 Å². The van der Waals surface area contributed by atoms with E-state index < -0.39 is 0 Å². The van der Waals surface area contributed by atoms with Gasteiger partial charge in [0.2, 0.25) is 0 Å². The zero-order chi connectivity index (χ0) is 92.0. The number of nitrogens with zero attached hydrogens (tertiary/aromatic N) is 2. The van der Waals surface area contributed by atoms with Gasteiger partial charge in [0.05, 0.1) is 0 Å². The lowest BCUT2D eigenvalue weighted by Crippen LogP contribution is -2.10. The van der Waals surface area contributed by atoms with E-state index in [1.165, 1.54) is 250 Å². The van der Waals surface area contributed by atoms with Gasteiger partial charge in [-0.3, -0.25) is 0 Å². The third-order valence-corrected chi connectivity index (χ3v) is 30.0. The quantitative estimate of drug-likeness (QED) is 0.119. The summed E-state index contributed by atoms with van der Waals surface area (Å²) in [7, 11) is 0. The zero-order valence-corrected chi connectivity index (χ0v) is 76.5. The topological polar surface area (TPSA) is 6.48 Å². The summed E-state index contributed by atoms with van der Waals surface area (Å²) in [6, 6.07) is 193. The monoisotopic (exact) mass is 1770 g/mol. The number of fused-ring (bicyclic) bond motifs is 36. The van der Waals surface area contributed by atoms with Crippen molar-refractivity contribution in [1.29, 1.82) is 0 Å². The minimum Gasteiger partial charge on any atom is -0.311 e. The van der Waals surface area contributed by atoms with Crippen LogP contribution in [0.3, 0.4) is 0 Å². The van der Waals surface area contributed by atoms with Gasteiger partial charge in [0.15, 0.2) is 0 Å². The fraction of sp³-hybridized carbons (Fsp3) is 0. The molecule has 29 aromatic carbocycles. The lowest BCUT2D eigenvalue weighted by Gasteiger charge is -2.27. The summed E-state index contributed by atoms with van der Waals surface area (Å²) in [5.41, 5.74) is 18.6. The summed E-state index contributed by atoms with van der Waals surface area (Å²) in [5, 5.41) is 46.0. The van der Waals surface area contributed by atoms with Gasteiger partial charge in [0.25, 0.3) is 0 Å².